The first-order chi connectivity index (χ1) is 7.66. The molecule has 90 valence electrons. The van der Waals surface area contributed by atoms with E-state index < -0.39 is 0 Å². The molecule has 3 unspecified atom stereocenters. The minimum absolute atomic E-state index is 0.640. The molecule has 1 fully saturated rings. The van der Waals surface area contributed by atoms with Gasteiger partial charge in [-0.1, -0.05) is 31.8 Å². The molecular weight excluding hydrogens is 200 g/mol. The van der Waals surface area contributed by atoms with Crippen LogP contribution in [0, 0.1) is 18.8 Å². The van der Waals surface area contributed by atoms with Gasteiger partial charge in [0, 0.05) is 18.7 Å². The van der Waals surface area contributed by atoms with E-state index in [1.54, 1.807) is 0 Å². The van der Waals surface area contributed by atoms with Crippen molar-refractivity contribution in [1.82, 2.24) is 10.5 Å². The van der Waals surface area contributed by atoms with Crippen molar-refractivity contribution in [2.24, 2.45) is 11.8 Å². The number of hydrogen-bond donors (Lipinski definition) is 1. The highest BCUT2D eigenvalue weighted by Gasteiger charge is 2.26. The standard InChI is InChI=1S/C13H22N2O/c1-9-5-4-6-13(11(9)3)14-8-12-7-10(2)16-15-12/h7,9,11,13-14H,4-6,8H2,1-3H3. The van der Waals surface area contributed by atoms with Gasteiger partial charge >= 0.3 is 0 Å². The predicted octanol–water partition coefficient (Wildman–Crippen LogP) is 2.90. The lowest BCUT2D eigenvalue weighted by Gasteiger charge is -2.34. The van der Waals surface area contributed by atoms with Crippen LogP contribution in [0.25, 0.3) is 0 Å². The summed E-state index contributed by atoms with van der Waals surface area (Å²) < 4.78 is 5.06. The first kappa shape index (κ1) is 11.6. The molecule has 1 N–H and O–H groups in total. The highest BCUT2D eigenvalue weighted by molar-refractivity contribution is 5.03. The molecule has 1 aromatic heterocycles. The van der Waals surface area contributed by atoms with Crippen LogP contribution in [0.2, 0.25) is 0 Å². The molecule has 0 aromatic carbocycles. The number of aryl methyl sites for hydroxylation is 1. The molecule has 3 nitrogen and oxygen atoms in total. The van der Waals surface area contributed by atoms with Crippen molar-refractivity contribution in [3.05, 3.63) is 17.5 Å². The van der Waals surface area contributed by atoms with Crippen LogP contribution >= 0.6 is 0 Å². The van der Waals surface area contributed by atoms with Gasteiger partial charge in [0.25, 0.3) is 0 Å². The number of nitrogens with zero attached hydrogens (tertiary/aromatic N) is 1. The van der Waals surface area contributed by atoms with Gasteiger partial charge in [-0.25, -0.2) is 0 Å². The molecule has 1 aromatic rings. The second-order valence-corrected chi connectivity index (χ2v) is 5.18. The number of nitrogens with one attached hydrogen (secondary N) is 1. The maximum absolute atomic E-state index is 5.06. The molecule has 1 aliphatic rings. The molecule has 3 atom stereocenters. The maximum Gasteiger partial charge on any atom is 0.133 e. The summed E-state index contributed by atoms with van der Waals surface area (Å²) in [6.07, 6.45) is 4.02. The largest absolute Gasteiger partial charge is 0.361 e. The predicted molar refractivity (Wildman–Crippen MR) is 64.0 cm³/mol. The third-order valence-electron chi connectivity index (χ3n) is 3.93. The third kappa shape index (κ3) is 2.64. The first-order valence-electron chi connectivity index (χ1n) is 6.32. The van der Waals surface area contributed by atoms with Crippen LogP contribution in [0.4, 0.5) is 0 Å². The van der Waals surface area contributed by atoms with Gasteiger partial charge in [0.15, 0.2) is 0 Å². The van der Waals surface area contributed by atoms with E-state index in [2.05, 4.69) is 24.3 Å². The van der Waals surface area contributed by atoms with Gasteiger partial charge in [-0.15, -0.1) is 0 Å². The molecule has 0 aliphatic heterocycles. The maximum atomic E-state index is 5.06. The van der Waals surface area contributed by atoms with Gasteiger partial charge in [0.1, 0.15) is 5.76 Å². The van der Waals surface area contributed by atoms with Crippen LogP contribution in [-0.2, 0) is 6.54 Å². The fourth-order valence-corrected chi connectivity index (χ4v) is 2.61. The summed E-state index contributed by atoms with van der Waals surface area (Å²) >= 11 is 0. The Morgan fingerprint density at radius 3 is 2.94 bits per heavy atom. The lowest BCUT2D eigenvalue weighted by molar-refractivity contribution is 0.205. The molecule has 0 bridgehead atoms. The third-order valence-corrected chi connectivity index (χ3v) is 3.93. The van der Waals surface area contributed by atoms with E-state index in [1.165, 1.54) is 19.3 Å². The van der Waals surface area contributed by atoms with Crippen molar-refractivity contribution in [2.75, 3.05) is 0 Å². The van der Waals surface area contributed by atoms with E-state index in [1.807, 2.05) is 13.0 Å². The van der Waals surface area contributed by atoms with Crippen LogP contribution in [0.1, 0.15) is 44.6 Å². The Bertz CT molecular complexity index is 334. The molecule has 16 heavy (non-hydrogen) atoms. The number of hydrogen-bond acceptors (Lipinski definition) is 3. The fraction of sp³-hybridized carbons (Fsp3) is 0.769. The Morgan fingerprint density at radius 1 is 1.44 bits per heavy atom. The van der Waals surface area contributed by atoms with Crippen molar-refractivity contribution in [3.8, 4) is 0 Å². The minimum atomic E-state index is 0.640. The summed E-state index contributed by atoms with van der Waals surface area (Å²) in [5.41, 5.74) is 1.02. The molecule has 2 rings (SSSR count). The van der Waals surface area contributed by atoms with Gasteiger partial charge in [-0.3, -0.25) is 0 Å². The van der Waals surface area contributed by atoms with Crippen molar-refractivity contribution in [2.45, 2.75) is 52.6 Å². The second-order valence-electron chi connectivity index (χ2n) is 5.18. The van der Waals surface area contributed by atoms with Gasteiger partial charge in [-0.05, 0) is 25.2 Å². The topological polar surface area (TPSA) is 38.1 Å². The first-order valence-corrected chi connectivity index (χ1v) is 6.32. The Balaban J connectivity index is 1.85. The van der Waals surface area contributed by atoms with Crippen LogP contribution in [0.15, 0.2) is 10.6 Å². The summed E-state index contributed by atoms with van der Waals surface area (Å²) in [6, 6.07) is 2.64. The monoisotopic (exact) mass is 222 g/mol. The zero-order valence-corrected chi connectivity index (χ0v) is 10.5. The van der Waals surface area contributed by atoms with Crippen molar-refractivity contribution >= 4 is 0 Å². The summed E-state index contributed by atoms with van der Waals surface area (Å²) in [7, 11) is 0. The van der Waals surface area contributed by atoms with Crippen LogP contribution in [-0.4, -0.2) is 11.2 Å². The molecular formula is C13H22N2O. The van der Waals surface area contributed by atoms with E-state index in [9.17, 15) is 0 Å². The van der Waals surface area contributed by atoms with E-state index in [0.29, 0.717) is 6.04 Å². The van der Waals surface area contributed by atoms with Gasteiger partial charge in [-0.2, -0.15) is 0 Å². The van der Waals surface area contributed by atoms with Crippen LogP contribution in [0.3, 0.4) is 0 Å². The van der Waals surface area contributed by atoms with E-state index in [-0.39, 0.29) is 0 Å². The molecule has 0 spiro atoms. The second kappa shape index (κ2) is 5.00. The molecule has 0 radical (unpaired) electrons. The summed E-state index contributed by atoms with van der Waals surface area (Å²) in [5.74, 6) is 2.49. The molecule has 1 saturated carbocycles. The Labute approximate surface area is 97.6 Å². The lowest BCUT2D eigenvalue weighted by Crippen LogP contribution is -2.40. The molecule has 1 heterocycles. The Kier molecular flexibility index (Phi) is 3.64. The summed E-state index contributed by atoms with van der Waals surface area (Å²) in [5, 5.41) is 7.62. The van der Waals surface area contributed by atoms with Crippen molar-refractivity contribution in [3.63, 3.8) is 0 Å². The van der Waals surface area contributed by atoms with E-state index in [0.717, 1.165) is 29.8 Å². The van der Waals surface area contributed by atoms with Gasteiger partial charge in [0.2, 0.25) is 0 Å². The van der Waals surface area contributed by atoms with Crippen LogP contribution < -0.4 is 5.32 Å². The molecule has 1 aliphatic carbocycles. The SMILES string of the molecule is Cc1cc(CNC2CCCC(C)C2C)no1. The fourth-order valence-electron chi connectivity index (χ4n) is 2.61. The minimum Gasteiger partial charge on any atom is -0.361 e. The summed E-state index contributed by atoms with van der Waals surface area (Å²) in [6.45, 7) is 7.48. The van der Waals surface area contributed by atoms with E-state index >= 15 is 0 Å². The summed E-state index contributed by atoms with van der Waals surface area (Å²) in [4.78, 5) is 0. The zero-order valence-electron chi connectivity index (χ0n) is 10.5. The molecule has 0 amide bonds. The zero-order chi connectivity index (χ0) is 11.5. The average Bonchev–Trinajstić information content (AvgIpc) is 2.67. The van der Waals surface area contributed by atoms with Crippen molar-refractivity contribution < 1.29 is 4.52 Å². The molecule has 0 saturated heterocycles. The van der Waals surface area contributed by atoms with Gasteiger partial charge < -0.3 is 9.84 Å². The number of rotatable bonds is 3. The Morgan fingerprint density at radius 2 is 2.25 bits per heavy atom. The number of aromatic nitrogens is 1. The quantitative estimate of drug-likeness (QED) is 0.854. The van der Waals surface area contributed by atoms with Crippen molar-refractivity contribution in [1.29, 1.82) is 0 Å². The molecule has 3 heteroatoms. The normalized spacial score (nSPS) is 30.6. The van der Waals surface area contributed by atoms with Gasteiger partial charge in [0.05, 0.1) is 5.69 Å². The average molecular weight is 222 g/mol. The van der Waals surface area contributed by atoms with Crippen LogP contribution in [0.5, 0.6) is 0 Å². The highest BCUT2D eigenvalue weighted by atomic mass is 16.5. The smallest absolute Gasteiger partial charge is 0.133 e. The Hall–Kier alpha value is -0.830. The van der Waals surface area contributed by atoms with E-state index in [4.69, 9.17) is 4.52 Å². The lowest BCUT2D eigenvalue weighted by atomic mass is 9.78. The highest BCUT2D eigenvalue weighted by Crippen LogP contribution is 2.29.